The number of aromatic nitrogens is 2. The van der Waals surface area contributed by atoms with Crippen LogP contribution in [0.5, 0.6) is 0 Å². The summed E-state index contributed by atoms with van der Waals surface area (Å²) in [5.74, 6) is 0.590. The summed E-state index contributed by atoms with van der Waals surface area (Å²) in [4.78, 5) is 8.73. The Kier molecular flexibility index (Phi) is 4.85. The van der Waals surface area contributed by atoms with Crippen LogP contribution in [0.4, 0.5) is 0 Å². The third-order valence-corrected chi connectivity index (χ3v) is 2.79. The first-order valence-electron chi connectivity index (χ1n) is 5.84. The molecule has 4 nitrogen and oxygen atoms in total. The Balaban J connectivity index is 2.46. The third-order valence-electron chi connectivity index (χ3n) is 2.60. The van der Waals surface area contributed by atoms with E-state index in [1.165, 1.54) is 0 Å². The number of hydrogen-bond donors (Lipinski definition) is 0. The fourth-order valence-corrected chi connectivity index (χ4v) is 2.03. The van der Waals surface area contributed by atoms with E-state index in [2.05, 4.69) is 9.97 Å². The Morgan fingerprint density at radius 3 is 2.53 bits per heavy atom. The topological polar surface area (TPSA) is 44.2 Å². The molecule has 0 saturated carbocycles. The lowest BCUT2D eigenvalue weighted by molar-refractivity contribution is 0.181. The summed E-state index contributed by atoms with van der Waals surface area (Å²) in [5, 5.41) is 0.407. The Hall–Kier alpha value is -1.49. The minimum atomic E-state index is 0.404. The van der Waals surface area contributed by atoms with E-state index < -0.39 is 0 Å². The zero-order chi connectivity index (χ0) is 13.7. The van der Waals surface area contributed by atoms with Crippen molar-refractivity contribution in [2.45, 2.75) is 13.2 Å². The van der Waals surface area contributed by atoms with Crippen molar-refractivity contribution in [3.05, 3.63) is 46.7 Å². The van der Waals surface area contributed by atoms with Gasteiger partial charge in [0, 0.05) is 19.8 Å². The molecule has 1 aromatic carbocycles. The molecule has 0 atom stereocenters. The van der Waals surface area contributed by atoms with Gasteiger partial charge in [-0.25, -0.2) is 9.97 Å². The molecule has 0 radical (unpaired) electrons. The molecular weight excluding hydrogens is 264 g/mol. The minimum absolute atomic E-state index is 0.404. The van der Waals surface area contributed by atoms with Crippen molar-refractivity contribution in [2.24, 2.45) is 0 Å². The minimum Gasteiger partial charge on any atom is -0.380 e. The summed E-state index contributed by atoms with van der Waals surface area (Å²) in [5.41, 5.74) is 2.70. The summed E-state index contributed by atoms with van der Waals surface area (Å²) in [7, 11) is 3.28. The van der Waals surface area contributed by atoms with Crippen LogP contribution in [0.3, 0.4) is 0 Å². The first kappa shape index (κ1) is 13.9. The maximum atomic E-state index is 6.03. The van der Waals surface area contributed by atoms with Crippen LogP contribution in [0.15, 0.2) is 30.3 Å². The summed E-state index contributed by atoms with van der Waals surface area (Å²) >= 11 is 6.03. The Morgan fingerprint density at radius 1 is 1.05 bits per heavy atom. The second-order valence-corrected chi connectivity index (χ2v) is 4.42. The van der Waals surface area contributed by atoms with Crippen molar-refractivity contribution >= 4 is 11.6 Å². The van der Waals surface area contributed by atoms with Crippen molar-refractivity contribution in [2.75, 3.05) is 14.2 Å². The molecule has 19 heavy (non-hydrogen) atoms. The number of methoxy groups -OCH3 is 2. The van der Waals surface area contributed by atoms with Gasteiger partial charge in [-0.2, -0.15) is 0 Å². The average molecular weight is 279 g/mol. The van der Waals surface area contributed by atoms with Crippen molar-refractivity contribution in [3.8, 4) is 11.4 Å². The van der Waals surface area contributed by atoms with E-state index in [1.54, 1.807) is 20.3 Å². The van der Waals surface area contributed by atoms with E-state index in [4.69, 9.17) is 21.1 Å². The molecule has 0 spiro atoms. The molecule has 0 bridgehead atoms. The highest BCUT2D eigenvalue weighted by atomic mass is 35.5. The SMILES string of the molecule is COCc1cc(Cl)nc(-c2ccccc2COC)n1. The zero-order valence-electron chi connectivity index (χ0n) is 10.9. The van der Waals surface area contributed by atoms with Crippen LogP contribution < -0.4 is 0 Å². The summed E-state index contributed by atoms with van der Waals surface area (Å²) in [6.07, 6.45) is 0. The van der Waals surface area contributed by atoms with Crippen molar-refractivity contribution in [1.29, 1.82) is 0 Å². The van der Waals surface area contributed by atoms with Gasteiger partial charge in [0.2, 0.25) is 0 Å². The Labute approximate surface area is 117 Å². The molecule has 0 aliphatic carbocycles. The maximum Gasteiger partial charge on any atom is 0.161 e. The van der Waals surface area contributed by atoms with Gasteiger partial charge >= 0.3 is 0 Å². The molecule has 5 heteroatoms. The fourth-order valence-electron chi connectivity index (χ4n) is 1.83. The molecule has 2 aromatic rings. The first-order chi connectivity index (χ1) is 9.24. The van der Waals surface area contributed by atoms with Crippen LogP contribution in [0.25, 0.3) is 11.4 Å². The van der Waals surface area contributed by atoms with Crippen molar-refractivity contribution < 1.29 is 9.47 Å². The molecule has 0 aliphatic heterocycles. The van der Waals surface area contributed by atoms with Gasteiger partial charge < -0.3 is 9.47 Å². The molecular formula is C14H15ClN2O2. The average Bonchev–Trinajstić information content (AvgIpc) is 2.39. The molecule has 1 heterocycles. The van der Waals surface area contributed by atoms with E-state index >= 15 is 0 Å². The molecule has 1 aromatic heterocycles. The summed E-state index contributed by atoms with van der Waals surface area (Å²) in [6, 6.07) is 9.54. The highest BCUT2D eigenvalue weighted by Gasteiger charge is 2.10. The number of halogens is 1. The summed E-state index contributed by atoms with van der Waals surface area (Å²) < 4.78 is 10.3. The highest BCUT2D eigenvalue weighted by Crippen LogP contribution is 2.23. The second kappa shape index (κ2) is 6.61. The van der Waals surface area contributed by atoms with Gasteiger partial charge in [-0.3, -0.25) is 0 Å². The van der Waals surface area contributed by atoms with Gasteiger partial charge in [-0.1, -0.05) is 35.9 Å². The number of nitrogens with zero attached hydrogens (tertiary/aromatic N) is 2. The number of rotatable bonds is 5. The first-order valence-corrected chi connectivity index (χ1v) is 6.22. The van der Waals surface area contributed by atoms with E-state index in [9.17, 15) is 0 Å². The number of hydrogen-bond acceptors (Lipinski definition) is 4. The summed E-state index contributed by atoms with van der Waals surface area (Å²) in [6.45, 7) is 0.910. The lowest BCUT2D eigenvalue weighted by Crippen LogP contribution is -2.00. The van der Waals surface area contributed by atoms with Gasteiger partial charge in [0.15, 0.2) is 5.82 Å². The third kappa shape index (κ3) is 3.50. The predicted molar refractivity (Wildman–Crippen MR) is 73.9 cm³/mol. The zero-order valence-corrected chi connectivity index (χ0v) is 11.6. The van der Waals surface area contributed by atoms with Crippen molar-refractivity contribution in [3.63, 3.8) is 0 Å². The largest absolute Gasteiger partial charge is 0.380 e. The standard InChI is InChI=1S/C14H15ClN2O2/c1-18-8-10-5-3-4-6-12(10)14-16-11(9-19-2)7-13(15)17-14/h3-7H,8-9H2,1-2H3. The number of ether oxygens (including phenoxy) is 2. The molecule has 100 valence electrons. The second-order valence-electron chi connectivity index (χ2n) is 4.03. The van der Waals surface area contributed by atoms with Gasteiger partial charge in [-0.15, -0.1) is 0 Å². The smallest absolute Gasteiger partial charge is 0.161 e. The van der Waals surface area contributed by atoms with Gasteiger partial charge in [0.05, 0.1) is 18.9 Å². The van der Waals surface area contributed by atoms with E-state index in [0.717, 1.165) is 16.8 Å². The van der Waals surface area contributed by atoms with Crippen LogP contribution in [0, 0.1) is 0 Å². The van der Waals surface area contributed by atoms with Crippen LogP contribution in [-0.4, -0.2) is 24.2 Å². The fraction of sp³-hybridized carbons (Fsp3) is 0.286. The van der Waals surface area contributed by atoms with E-state index in [0.29, 0.717) is 24.2 Å². The number of benzene rings is 1. The van der Waals surface area contributed by atoms with E-state index in [1.807, 2.05) is 24.3 Å². The van der Waals surface area contributed by atoms with Gasteiger partial charge in [0.25, 0.3) is 0 Å². The molecule has 0 N–H and O–H groups in total. The molecule has 0 amide bonds. The molecule has 2 rings (SSSR count). The molecule has 0 saturated heterocycles. The monoisotopic (exact) mass is 278 g/mol. The van der Waals surface area contributed by atoms with Crippen LogP contribution in [-0.2, 0) is 22.7 Å². The predicted octanol–water partition coefficient (Wildman–Crippen LogP) is 3.09. The van der Waals surface area contributed by atoms with Crippen LogP contribution >= 0.6 is 11.6 Å². The van der Waals surface area contributed by atoms with E-state index in [-0.39, 0.29) is 0 Å². The molecule has 0 unspecified atom stereocenters. The van der Waals surface area contributed by atoms with Crippen LogP contribution in [0.1, 0.15) is 11.3 Å². The van der Waals surface area contributed by atoms with Gasteiger partial charge in [0.1, 0.15) is 5.15 Å². The maximum absolute atomic E-state index is 6.03. The normalized spacial score (nSPS) is 10.7. The highest BCUT2D eigenvalue weighted by molar-refractivity contribution is 6.29. The molecule has 0 fully saturated rings. The van der Waals surface area contributed by atoms with Gasteiger partial charge in [-0.05, 0) is 11.6 Å². The van der Waals surface area contributed by atoms with Crippen molar-refractivity contribution in [1.82, 2.24) is 9.97 Å². The Bertz CT molecular complexity index is 561. The lowest BCUT2D eigenvalue weighted by atomic mass is 10.1. The quantitative estimate of drug-likeness (QED) is 0.789. The lowest BCUT2D eigenvalue weighted by Gasteiger charge is -2.09. The molecule has 0 aliphatic rings. The Morgan fingerprint density at radius 2 is 1.79 bits per heavy atom. The van der Waals surface area contributed by atoms with Crippen LogP contribution in [0.2, 0.25) is 5.15 Å².